The van der Waals surface area contributed by atoms with Gasteiger partial charge in [0.15, 0.2) is 10.3 Å². The maximum absolute atomic E-state index is 11.8. The van der Waals surface area contributed by atoms with Crippen molar-refractivity contribution in [2.24, 2.45) is 0 Å². The number of nitrogens with zero attached hydrogens (tertiary/aromatic N) is 3. The average molecular weight is 1040 g/mol. The molecule has 0 atom stereocenters. The Hall–Kier alpha value is -6.67. The van der Waals surface area contributed by atoms with Gasteiger partial charge in [-0.2, -0.15) is 15.0 Å². The van der Waals surface area contributed by atoms with Gasteiger partial charge in [0.2, 0.25) is 17.3 Å². The molecule has 5 aromatic carbocycles. The molecule has 1 fully saturated rings. The first kappa shape index (κ1) is 58.9. The van der Waals surface area contributed by atoms with Crippen LogP contribution in [0.15, 0.2) is 197 Å². The van der Waals surface area contributed by atoms with Crippen molar-refractivity contribution in [2.75, 3.05) is 25.7 Å². The number of ether oxygens (including phenoxy) is 2. The second-order valence-electron chi connectivity index (χ2n) is 15.4. The summed E-state index contributed by atoms with van der Waals surface area (Å²) in [6.45, 7) is 6.37. The van der Waals surface area contributed by atoms with Gasteiger partial charge >= 0.3 is 11.3 Å². The molecule has 15 heteroatoms. The van der Waals surface area contributed by atoms with Gasteiger partial charge in [-0.3, -0.25) is 4.79 Å². The SMILES string of the molecule is C.C.C1CCOC1.CCc1cc(=O)oc2nc(SC)[nH]c(=O)c12.CCc1cc(=O)oc2nc(SC)nc(OCc3ccccc3)c12.OCc1ccccc1.c1ccc(P(c2ccccc2)c2ccccc2)cc1. The number of thioether (sulfide) groups is 2. The van der Waals surface area contributed by atoms with Crippen LogP contribution in [0, 0.1) is 0 Å². The number of aryl methyl sites for hydroxylation is 2. The minimum Gasteiger partial charge on any atom is -0.472 e. The molecule has 0 aliphatic carbocycles. The Morgan fingerprint density at radius 2 is 1.03 bits per heavy atom. The lowest BCUT2D eigenvalue weighted by molar-refractivity contribution is 0.198. The fourth-order valence-electron chi connectivity index (χ4n) is 7.07. The summed E-state index contributed by atoms with van der Waals surface area (Å²) in [6, 6.07) is 54.5. The van der Waals surface area contributed by atoms with E-state index in [-0.39, 0.29) is 38.4 Å². The number of aliphatic hydroxyl groups is 1. The highest BCUT2D eigenvalue weighted by atomic mass is 32.2. The highest BCUT2D eigenvalue weighted by Gasteiger charge is 2.17. The third-order valence-electron chi connectivity index (χ3n) is 10.6. The molecule has 1 saturated heterocycles. The van der Waals surface area contributed by atoms with Crippen LogP contribution in [0.3, 0.4) is 0 Å². The second kappa shape index (κ2) is 31.7. The van der Waals surface area contributed by atoms with Crippen molar-refractivity contribution < 1.29 is 23.4 Å². The Morgan fingerprint density at radius 3 is 1.42 bits per heavy atom. The number of aliphatic hydroxyl groups excluding tert-OH is 1. The number of fused-ring (bicyclic) bond motifs is 2. The molecule has 0 amide bonds. The van der Waals surface area contributed by atoms with Gasteiger partial charge < -0.3 is 28.4 Å². The molecule has 0 bridgehead atoms. The Balaban J connectivity index is 0.000000210. The van der Waals surface area contributed by atoms with Crippen molar-refractivity contribution in [3.05, 3.63) is 217 Å². The van der Waals surface area contributed by atoms with Crippen molar-refractivity contribution in [3.8, 4) is 5.88 Å². The summed E-state index contributed by atoms with van der Waals surface area (Å²) in [7, 11) is -0.446. The second-order valence-corrected chi connectivity index (χ2v) is 19.2. The van der Waals surface area contributed by atoms with Crippen LogP contribution in [0.5, 0.6) is 5.88 Å². The third kappa shape index (κ3) is 17.8. The van der Waals surface area contributed by atoms with Gasteiger partial charge in [-0.15, -0.1) is 0 Å². The Morgan fingerprint density at radius 1 is 0.589 bits per heavy atom. The normalized spacial score (nSPS) is 11.2. The molecule has 1 aliphatic heterocycles. The molecule has 0 spiro atoms. The lowest BCUT2D eigenvalue weighted by atomic mass is 10.1. The first-order valence-corrected chi connectivity index (χ1v) is 26.9. The van der Waals surface area contributed by atoms with Gasteiger partial charge in [-0.1, -0.05) is 204 Å². The molecule has 10 rings (SSSR count). The standard InChI is InChI=1S/C18H15P.C17H16N2O3S.C10H10N2O3S.C7H8O.C4H8O.2CH4/c1-4-10-16(11-5-1)19(17-12-6-2-7-13-17)18-14-8-3-9-15-18;1-3-12-9-13(20)22-16-14(12)15(18-17(19-16)23-2)21-10-11-7-5-4-6-8-11;1-3-5-4-6(13)15-9-7(5)8(14)11-10(12-9)16-2;8-6-7-4-2-1-3-5-7;1-2-4-5-3-1;;/h1-15H;4-9H,3,10H2,1-2H3;4H,3H2,1-2H3,(H,11,12,14);1-5,8H,6H2;1-4H2;2*1H4. The maximum Gasteiger partial charge on any atom is 0.337 e. The van der Waals surface area contributed by atoms with E-state index in [9.17, 15) is 14.4 Å². The van der Waals surface area contributed by atoms with E-state index in [4.69, 9.17) is 23.4 Å². The van der Waals surface area contributed by atoms with E-state index >= 15 is 0 Å². The van der Waals surface area contributed by atoms with Crippen LogP contribution in [0.25, 0.3) is 22.2 Å². The molecular formula is C58H65N4O8PS2. The fourth-order valence-corrected chi connectivity index (χ4v) is 10.1. The largest absolute Gasteiger partial charge is 0.472 e. The lowest BCUT2D eigenvalue weighted by Crippen LogP contribution is -2.20. The Kier molecular flexibility index (Phi) is 25.6. The van der Waals surface area contributed by atoms with Crippen molar-refractivity contribution in [3.63, 3.8) is 0 Å². The number of benzene rings is 5. The van der Waals surface area contributed by atoms with Gasteiger partial charge in [0.1, 0.15) is 17.4 Å². The van der Waals surface area contributed by atoms with E-state index in [0.29, 0.717) is 52.0 Å². The Labute approximate surface area is 437 Å². The Bertz CT molecular complexity index is 3080. The van der Waals surface area contributed by atoms with Crippen molar-refractivity contribution in [2.45, 2.75) is 77.9 Å². The number of aromatic amines is 1. The molecule has 0 saturated carbocycles. The van der Waals surface area contributed by atoms with Crippen molar-refractivity contribution in [1.82, 2.24) is 19.9 Å². The van der Waals surface area contributed by atoms with Crippen LogP contribution < -0.4 is 37.5 Å². The van der Waals surface area contributed by atoms with Gasteiger partial charge in [0, 0.05) is 25.3 Å². The van der Waals surface area contributed by atoms with Gasteiger partial charge in [-0.05, 0) is 84.3 Å². The topological polar surface area (TPSA) is 171 Å². The van der Waals surface area contributed by atoms with Gasteiger partial charge in [0.25, 0.3) is 5.56 Å². The molecule has 2 N–H and O–H groups in total. The zero-order valence-electron chi connectivity index (χ0n) is 40.2. The van der Waals surface area contributed by atoms with Crippen LogP contribution >= 0.6 is 31.4 Å². The highest BCUT2D eigenvalue weighted by Crippen LogP contribution is 2.32. The van der Waals surface area contributed by atoms with E-state index in [1.807, 2.05) is 80.8 Å². The number of rotatable bonds is 11. The van der Waals surface area contributed by atoms with Crippen molar-refractivity contribution in [1.29, 1.82) is 0 Å². The molecule has 73 heavy (non-hydrogen) atoms. The van der Waals surface area contributed by atoms with Crippen LogP contribution in [-0.4, -0.2) is 50.8 Å². The zero-order valence-corrected chi connectivity index (χ0v) is 42.7. The first-order valence-electron chi connectivity index (χ1n) is 23.1. The molecule has 0 unspecified atom stereocenters. The van der Waals surface area contributed by atoms with Gasteiger partial charge in [0.05, 0.1) is 6.61 Å². The summed E-state index contributed by atoms with van der Waals surface area (Å²) in [5, 5.41) is 14.7. The maximum atomic E-state index is 11.8. The summed E-state index contributed by atoms with van der Waals surface area (Å²) in [6.07, 6.45) is 7.47. The highest BCUT2D eigenvalue weighted by molar-refractivity contribution is 7.98. The quantitative estimate of drug-likeness (QED) is 0.0713. The third-order valence-corrected chi connectivity index (χ3v) is 14.1. The number of hydrogen-bond donors (Lipinski definition) is 2. The predicted molar refractivity (Wildman–Crippen MR) is 303 cm³/mol. The minimum atomic E-state index is -0.477. The van der Waals surface area contributed by atoms with E-state index < -0.39 is 19.2 Å². The summed E-state index contributed by atoms with van der Waals surface area (Å²) in [4.78, 5) is 50.1. The molecule has 12 nitrogen and oxygen atoms in total. The van der Waals surface area contributed by atoms with Gasteiger partial charge in [-0.25, -0.2) is 9.59 Å². The first-order chi connectivity index (χ1) is 34.7. The predicted octanol–water partition coefficient (Wildman–Crippen LogP) is 11.3. The average Bonchev–Trinajstić information content (AvgIpc) is 4.02. The monoisotopic (exact) mass is 1040 g/mol. The van der Waals surface area contributed by atoms with Crippen LogP contribution in [-0.2, 0) is 30.8 Å². The van der Waals surface area contributed by atoms with Crippen LogP contribution in [0.1, 0.15) is 63.8 Å². The number of H-pyrrole nitrogens is 1. The van der Waals surface area contributed by atoms with Crippen LogP contribution in [0.2, 0.25) is 0 Å². The smallest absolute Gasteiger partial charge is 0.337 e. The van der Waals surface area contributed by atoms with E-state index in [2.05, 4.69) is 111 Å². The van der Waals surface area contributed by atoms with E-state index in [1.54, 1.807) is 6.26 Å². The minimum absolute atomic E-state index is 0. The summed E-state index contributed by atoms with van der Waals surface area (Å²) >= 11 is 2.66. The summed E-state index contributed by atoms with van der Waals surface area (Å²) in [5.74, 6) is 0.448. The van der Waals surface area contributed by atoms with E-state index in [1.165, 1.54) is 64.4 Å². The molecule has 0 radical (unpaired) electrons. The molecule has 382 valence electrons. The van der Waals surface area contributed by atoms with E-state index in [0.717, 1.165) is 29.9 Å². The summed E-state index contributed by atoms with van der Waals surface area (Å²) < 4.78 is 21.0. The number of hydrogen-bond acceptors (Lipinski definition) is 13. The summed E-state index contributed by atoms with van der Waals surface area (Å²) in [5.41, 5.74) is 2.72. The molecular weight excluding hydrogens is 976 g/mol. The zero-order chi connectivity index (χ0) is 50.2. The fraction of sp³-hybridized carbons (Fsp3) is 0.241. The molecule has 1 aliphatic rings. The molecule has 9 aromatic rings. The van der Waals surface area contributed by atoms with Crippen molar-refractivity contribution >= 4 is 69.6 Å². The molecule has 4 aromatic heterocycles. The van der Waals surface area contributed by atoms with Crippen LogP contribution in [0.4, 0.5) is 0 Å². The number of aromatic nitrogens is 4. The molecule has 5 heterocycles. The lowest BCUT2D eigenvalue weighted by Gasteiger charge is -2.18. The number of nitrogens with one attached hydrogen (secondary N) is 1.